The number of methoxy groups -OCH3 is 1. The maximum absolute atomic E-state index is 14.0. The topological polar surface area (TPSA) is 60.0 Å². The molecule has 0 fully saturated rings. The molecule has 1 aliphatic rings. The third-order valence-electron chi connectivity index (χ3n) is 6.34. The Labute approximate surface area is 250 Å². The van der Waals surface area contributed by atoms with Gasteiger partial charge in [-0.15, -0.1) is 0 Å². The van der Waals surface area contributed by atoms with E-state index in [0.717, 1.165) is 12.1 Å². The molecule has 1 atom stereocenters. The molecule has 3 aromatic rings. The summed E-state index contributed by atoms with van der Waals surface area (Å²) in [4.78, 5) is 15.4. The van der Waals surface area contributed by atoms with Crippen LogP contribution in [-0.2, 0) is 22.1 Å². The summed E-state index contributed by atoms with van der Waals surface area (Å²) < 4.78 is 57.4. The predicted molar refractivity (Wildman–Crippen MR) is 161 cm³/mol. The Kier molecular flexibility index (Phi) is 11.2. The van der Waals surface area contributed by atoms with E-state index in [1.165, 1.54) is 18.1 Å². The lowest BCUT2D eigenvalue weighted by molar-refractivity contribution is -0.137. The molecule has 42 heavy (non-hydrogen) atoms. The number of hydrogen-bond donors (Lipinski definition) is 1. The highest BCUT2D eigenvalue weighted by Crippen LogP contribution is 2.38. The molecule has 6 nitrogen and oxygen atoms in total. The summed E-state index contributed by atoms with van der Waals surface area (Å²) in [7, 11) is 1.52. The molecular weight excluding hydrogens is 569 g/mol. The SMILES string of the molecule is CC.COc1cc(NC(C(=O)N2CCc3ccc(C(F)(F)F)cc32)c2ccc(Cl)cc2)cc(OCCOC(C)(C)C)c1. The second kappa shape index (κ2) is 14.2. The molecule has 1 heterocycles. The van der Waals surface area contributed by atoms with Gasteiger partial charge in [-0.2, -0.15) is 13.2 Å². The fourth-order valence-electron chi connectivity index (χ4n) is 4.41. The number of nitrogens with zero attached hydrogens (tertiary/aromatic N) is 1. The molecule has 1 N–H and O–H groups in total. The molecule has 4 rings (SSSR count). The van der Waals surface area contributed by atoms with Crippen molar-refractivity contribution in [2.45, 2.75) is 58.9 Å². The third-order valence-corrected chi connectivity index (χ3v) is 6.59. The van der Waals surface area contributed by atoms with Crippen molar-refractivity contribution in [3.8, 4) is 11.5 Å². The zero-order chi connectivity index (χ0) is 31.1. The largest absolute Gasteiger partial charge is 0.497 e. The van der Waals surface area contributed by atoms with Crippen LogP contribution in [0.15, 0.2) is 60.7 Å². The molecular formula is C32H38ClF3N2O4. The van der Waals surface area contributed by atoms with Crippen molar-refractivity contribution < 1.29 is 32.2 Å². The van der Waals surface area contributed by atoms with E-state index in [1.54, 1.807) is 42.5 Å². The van der Waals surface area contributed by atoms with Crippen molar-refractivity contribution in [2.24, 2.45) is 0 Å². The highest BCUT2D eigenvalue weighted by Gasteiger charge is 2.36. The van der Waals surface area contributed by atoms with Crippen LogP contribution in [0.2, 0.25) is 5.02 Å². The van der Waals surface area contributed by atoms with Crippen LogP contribution in [0.4, 0.5) is 24.5 Å². The zero-order valence-corrected chi connectivity index (χ0v) is 25.5. The van der Waals surface area contributed by atoms with Gasteiger partial charge in [-0.1, -0.05) is 43.6 Å². The van der Waals surface area contributed by atoms with Crippen LogP contribution in [0.3, 0.4) is 0 Å². The normalized spacial score (nSPS) is 13.5. The van der Waals surface area contributed by atoms with Gasteiger partial charge in [0.1, 0.15) is 24.1 Å². The van der Waals surface area contributed by atoms with Gasteiger partial charge < -0.3 is 24.4 Å². The number of alkyl halides is 3. The van der Waals surface area contributed by atoms with Gasteiger partial charge in [-0.25, -0.2) is 0 Å². The molecule has 0 aliphatic carbocycles. The molecule has 3 aromatic carbocycles. The molecule has 1 amide bonds. The first-order valence-electron chi connectivity index (χ1n) is 13.8. The monoisotopic (exact) mass is 606 g/mol. The number of nitrogens with one attached hydrogen (secondary N) is 1. The first kappa shape index (κ1) is 33.1. The summed E-state index contributed by atoms with van der Waals surface area (Å²) in [5.74, 6) is 0.604. The van der Waals surface area contributed by atoms with Crippen LogP contribution in [-0.4, -0.2) is 38.4 Å². The Hall–Kier alpha value is -3.43. The quantitative estimate of drug-likeness (QED) is 0.248. The van der Waals surface area contributed by atoms with Crippen molar-refractivity contribution in [1.82, 2.24) is 0 Å². The first-order chi connectivity index (χ1) is 19.8. The number of fused-ring (bicyclic) bond motifs is 1. The van der Waals surface area contributed by atoms with E-state index >= 15 is 0 Å². The molecule has 0 saturated carbocycles. The van der Waals surface area contributed by atoms with E-state index in [0.29, 0.717) is 53.0 Å². The van der Waals surface area contributed by atoms with E-state index in [4.69, 9.17) is 25.8 Å². The molecule has 0 saturated heterocycles. The first-order valence-corrected chi connectivity index (χ1v) is 14.2. The Balaban J connectivity index is 0.00000237. The van der Waals surface area contributed by atoms with Crippen LogP contribution in [0.1, 0.15) is 57.4 Å². The molecule has 1 unspecified atom stereocenters. The number of carbonyl (C=O) groups excluding carboxylic acids is 1. The summed E-state index contributed by atoms with van der Waals surface area (Å²) in [6.45, 7) is 10.8. The summed E-state index contributed by atoms with van der Waals surface area (Å²) in [5.41, 5.74) is 0.972. The highest BCUT2D eigenvalue weighted by molar-refractivity contribution is 6.30. The molecule has 0 radical (unpaired) electrons. The number of hydrogen-bond acceptors (Lipinski definition) is 5. The zero-order valence-electron chi connectivity index (χ0n) is 24.8. The molecule has 0 spiro atoms. The Morgan fingerprint density at radius 1 is 0.976 bits per heavy atom. The van der Waals surface area contributed by atoms with E-state index in [9.17, 15) is 18.0 Å². The van der Waals surface area contributed by atoms with E-state index in [1.807, 2.05) is 34.6 Å². The van der Waals surface area contributed by atoms with Gasteiger partial charge in [0.15, 0.2) is 0 Å². The van der Waals surface area contributed by atoms with Crippen molar-refractivity contribution in [1.29, 1.82) is 0 Å². The second-order valence-corrected chi connectivity index (χ2v) is 10.9. The molecule has 228 valence electrons. The minimum atomic E-state index is -4.52. The van der Waals surface area contributed by atoms with E-state index in [-0.39, 0.29) is 17.8 Å². The van der Waals surface area contributed by atoms with Crippen molar-refractivity contribution in [3.05, 3.63) is 82.4 Å². The van der Waals surface area contributed by atoms with Gasteiger partial charge in [-0.3, -0.25) is 4.79 Å². The van der Waals surface area contributed by atoms with Crippen LogP contribution >= 0.6 is 11.6 Å². The average Bonchev–Trinajstić information content (AvgIpc) is 3.38. The van der Waals surface area contributed by atoms with Crippen molar-refractivity contribution in [2.75, 3.05) is 37.1 Å². The van der Waals surface area contributed by atoms with Gasteiger partial charge in [0, 0.05) is 41.1 Å². The third kappa shape index (κ3) is 8.79. The standard InChI is InChI=1S/C30H32ClF3N2O4.C2H6/c1-29(2,3)40-14-13-39-25-17-23(16-24(18-25)38-4)35-27(20-6-9-22(31)10-7-20)28(37)36-12-11-19-5-8-21(15-26(19)36)30(32,33)34;1-2/h5-10,15-18,27,35H,11-14H2,1-4H3;1-2H3. The van der Waals surface area contributed by atoms with Crippen LogP contribution in [0, 0.1) is 0 Å². The summed E-state index contributed by atoms with van der Waals surface area (Å²) >= 11 is 6.09. The molecule has 10 heteroatoms. The van der Waals surface area contributed by atoms with Crippen LogP contribution in [0.25, 0.3) is 0 Å². The van der Waals surface area contributed by atoms with Gasteiger partial charge in [-0.05, 0) is 62.6 Å². The van der Waals surface area contributed by atoms with Gasteiger partial charge >= 0.3 is 6.18 Å². The number of halogens is 4. The minimum Gasteiger partial charge on any atom is -0.497 e. The Morgan fingerprint density at radius 3 is 2.26 bits per heavy atom. The minimum absolute atomic E-state index is 0.258. The number of amides is 1. The van der Waals surface area contributed by atoms with Crippen LogP contribution in [0.5, 0.6) is 11.5 Å². The number of benzene rings is 3. The van der Waals surface area contributed by atoms with Gasteiger partial charge in [0.2, 0.25) is 0 Å². The summed E-state index contributed by atoms with van der Waals surface area (Å²) in [6, 6.07) is 14.5. The van der Waals surface area contributed by atoms with E-state index in [2.05, 4.69) is 5.32 Å². The maximum atomic E-state index is 14.0. The second-order valence-electron chi connectivity index (χ2n) is 10.4. The van der Waals surface area contributed by atoms with Crippen molar-refractivity contribution >= 4 is 28.9 Å². The summed E-state index contributed by atoms with van der Waals surface area (Å²) in [5, 5.41) is 3.74. The van der Waals surface area contributed by atoms with Gasteiger partial charge in [0.25, 0.3) is 5.91 Å². The lowest BCUT2D eigenvalue weighted by Gasteiger charge is -2.27. The predicted octanol–water partition coefficient (Wildman–Crippen LogP) is 8.33. The lowest BCUT2D eigenvalue weighted by Crippen LogP contribution is -2.37. The number of rotatable bonds is 9. The fraction of sp³-hybridized carbons (Fsp3) is 0.406. The number of ether oxygens (including phenoxy) is 3. The Bertz CT molecular complexity index is 1340. The summed E-state index contributed by atoms with van der Waals surface area (Å²) in [6.07, 6.45) is -4.06. The van der Waals surface area contributed by atoms with Gasteiger partial charge in [0.05, 0.1) is 24.9 Å². The smallest absolute Gasteiger partial charge is 0.416 e. The maximum Gasteiger partial charge on any atom is 0.416 e. The van der Waals surface area contributed by atoms with Crippen LogP contribution < -0.4 is 19.7 Å². The Morgan fingerprint density at radius 2 is 1.64 bits per heavy atom. The number of anilines is 2. The average molecular weight is 607 g/mol. The van der Waals surface area contributed by atoms with E-state index < -0.39 is 23.7 Å². The number of carbonyl (C=O) groups is 1. The van der Waals surface area contributed by atoms with Crippen molar-refractivity contribution in [3.63, 3.8) is 0 Å². The molecule has 0 bridgehead atoms. The molecule has 0 aromatic heterocycles. The highest BCUT2D eigenvalue weighted by atomic mass is 35.5. The fourth-order valence-corrected chi connectivity index (χ4v) is 4.54. The lowest BCUT2D eigenvalue weighted by atomic mass is 10.0. The molecule has 1 aliphatic heterocycles.